The molecule has 0 bridgehead atoms. The van der Waals surface area contributed by atoms with E-state index in [1.54, 1.807) is 31.4 Å². The van der Waals surface area contributed by atoms with Gasteiger partial charge in [-0.3, -0.25) is 0 Å². The Bertz CT molecular complexity index is 848. The van der Waals surface area contributed by atoms with Crippen LogP contribution >= 0.6 is 0 Å². The molecule has 0 aliphatic carbocycles. The summed E-state index contributed by atoms with van der Waals surface area (Å²) in [5, 5.41) is 7.58. The Labute approximate surface area is 137 Å². The Morgan fingerprint density at radius 1 is 1.17 bits per heavy atom. The van der Waals surface area contributed by atoms with Gasteiger partial charge in [-0.25, -0.2) is 4.39 Å². The zero-order valence-corrected chi connectivity index (χ0v) is 12.8. The number of aromatic nitrogens is 2. The summed E-state index contributed by atoms with van der Waals surface area (Å²) in [7, 11) is 1.57. The molecule has 0 atom stereocenters. The fourth-order valence-corrected chi connectivity index (χ4v) is 2.02. The molecule has 0 spiro atoms. The quantitative estimate of drug-likeness (QED) is 0.512. The zero-order valence-electron chi connectivity index (χ0n) is 12.8. The molecule has 0 amide bonds. The van der Waals surface area contributed by atoms with Crippen molar-refractivity contribution >= 4 is 6.21 Å². The largest absolute Gasteiger partial charge is 0.496 e. The van der Waals surface area contributed by atoms with Gasteiger partial charge in [0.05, 0.1) is 18.9 Å². The summed E-state index contributed by atoms with van der Waals surface area (Å²) in [4.78, 5) is 9.28. The summed E-state index contributed by atoms with van der Waals surface area (Å²) in [6.07, 6.45) is 1.28. The molecule has 7 heteroatoms. The normalized spacial score (nSPS) is 10.9. The van der Waals surface area contributed by atoms with Crippen molar-refractivity contribution in [2.24, 2.45) is 5.16 Å². The van der Waals surface area contributed by atoms with Crippen LogP contribution in [0.15, 0.2) is 58.2 Å². The van der Waals surface area contributed by atoms with Crippen LogP contribution in [0, 0.1) is 5.82 Å². The minimum atomic E-state index is -0.374. The van der Waals surface area contributed by atoms with Crippen molar-refractivity contribution in [3.63, 3.8) is 0 Å². The van der Waals surface area contributed by atoms with Crippen molar-refractivity contribution in [2.45, 2.75) is 6.61 Å². The third kappa shape index (κ3) is 3.57. The Kier molecular flexibility index (Phi) is 4.81. The second-order valence-corrected chi connectivity index (χ2v) is 4.74. The molecular weight excluding hydrogens is 313 g/mol. The first-order valence-corrected chi connectivity index (χ1v) is 7.14. The predicted octanol–water partition coefficient (Wildman–Crippen LogP) is 3.44. The fourth-order valence-electron chi connectivity index (χ4n) is 2.02. The van der Waals surface area contributed by atoms with E-state index in [1.165, 1.54) is 12.3 Å². The molecule has 122 valence electrons. The summed E-state index contributed by atoms with van der Waals surface area (Å²) in [6, 6.07) is 13.6. The lowest BCUT2D eigenvalue weighted by Gasteiger charge is -2.02. The van der Waals surface area contributed by atoms with Crippen LogP contribution < -0.4 is 4.74 Å². The first kappa shape index (κ1) is 15.7. The van der Waals surface area contributed by atoms with Crippen LogP contribution in [-0.2, 0) is 11.4 Å². The first-order valence-electron chi connectivity index (χ1n) is 7.14. The van der Waals surface area contributed by atoms with Gasteiger partial charge in [-0.2, -0.15) is 4.98 Å². The summed E-state index contributed by atoms with van der Waals surface area (Å²) < 4.78 is 23.8. The van der Waals surface area contributed by atoms with E-state index in [9.17, 15) is 4.39 Å². The molecule has 0 fully saturated rings. The van der Waals surface area contributed by atoms with Crippen LogP contribution in [0.3, 0.4) is 0 Å². The SMILES string of the molecule is COc1ccccc1-c1noc(CO/N=C\c2ccccc2F)n1. The van der Waals surface area contributed by atoms with E-state index in [0.29, 0.717) is 22.7 Å². The van der Waals surface area contributed by atoms with E-state index < -0.39 is 0 Å². The van der Waals surface area contributed by atoms with Crippen LogP contribution in [0.5, 0.6) is 5.75 Å². The fraction of sp³-hybridized carbons (Fsp3) is 0.118. The van der Waals surface area contributed by atoms with Gasteiger partial charge in [0.2, 0.25) is 5.82 Å². The third-order valence-electron chi connectivity index (χ3n) is 3.18. The van der Waals surface area contributed by atoms with Gasteiger partial charge < -0.3 is 14.1 Å². The van der Waals surface area contributed by atoms with Gasteiger partial charge in [0, 0.05) is 5.56 Å². The predicted molar refractivity (Wildman–Crippen MR) is 85.1 cm³/mol. The number of hydrogen-bond acceptors (Lipinski definition) is 6. The van der Waals surface area contributed by atoms with E-state index in [0.717, 1.165) is 0 Å². The van der Waals surface area contributed by atoms with Gasteiger partial charge in [0.25, 0.3) is 5.89 Å². The van der Waals surface area contributed by atoms with Crippen LogP contribution in [-0.4, -0.2) is 23.5 Å². The maximum absolute atomic E-state index is 13.4. The van der Waals surface area contributed by atoms with Crippen molar-refractivity contribution in [3.8, 4) is 17.1 Å². The molecule has 2 aromatic carbocycles. The lowest BCUT2D eigenvalue weighted by molar-refractivity contribution is 0.107. The van der Waals surface area contributed by atoms with Gasteiger partial charge in [-0.1, -0.05) is 40.6 Å². The molecule has 0 saturated heterocycles. The van der Waals surface area contributed by atoms with Gasteiger partial charge in [-0.05, 0) is 18.2 Å². The Morgan fingerprint density at radius 2 is 1.96 bits per heavy atom. The Hall–Kier alpha value is -3.22. The van der Waals surface area contributed by atoms with Crippen molar-refractivity contribution in [3.05, 3.63) is 65.8 Å². The maximum Gasteiger partial charge on any atom is 0.267 e. The highest BCUT2D eigenvalue weighted by atomic mass is 19.1. The highest BCUT2D eigenvalue weighted by Crippen LogP contribution is 2.27. The minimum Gasteiger partial charge on any atom is -0.496 e. The molecule has 0 saturated carbocycles. The second kappa shape index (κ2) is 7.36. The molecule has 0 unspecified atom stereocenters. The van der Waals surface area contributed by atoms with Crippen molar-refractivity contribution in [1.29, 1.82) is 0 Å². The monoisotopic (exact) mass is 327 g/mol. The number of rotatable bonds is 6. The van der Waals surface area contributed by atoms with Crippen molar-refractivity contribution in [2.75, 3.05) is 7.11 Å². The summed E-state index contributed by atoms with van der Waals surface area (Å²) >= 11 is 0. The van der Waals surface area contributed by atoms with Gasteiger partial charge >= 0.3 is 0 Å². The van der Waals surface area contributed by atoms with E-state index in [4.69, 9.17) is 14.1 Å². The maximum atomic E-state index is 13.4. The molecule has 0 aliphatic heterocycles. The third-order valence-corrected chi connectivity index (χ3v) is 3.18. The highest BCUT2D eigenvalue weighted by Gasteiger charge is 2.12. The van der Waals surface area contributed by atoms with Gasteiger partial charge in [0.15, 0.2) is 6.61 Å². The lowest BCUT2D eigenvalue weighted by atomic mass is 10.2. The Morgan fingerprint density at radius 3 is 2.79 bits per heavy atom. The van der Waals surface area contributed by atoms with Crippen LogP contribution in [0.1, 0.15) is 11.5 Å². The number of halogens is 1. The Balaban J connectivity index is 1.64. The summed E-state index contributed by atoms with van der Waals surface area (Å²) in [5.74, 6) is 0.912. The summed E-state index contributed by atoms with van der Waals surface area (Å²) in [6.45, 7) is -0.0207. The smallest absolute Gasteiger partial charge is 0.267 e. The average molecular weight is 327 g/mol. The van der Waals surface area contributed by atoms with Crippen LogP contribution in [0.25, 0.3) is 11.4 Å². The zero-order chi connectivity index (χ0) is 16.8. The average Bonchev–Trinajstić information content (AvgIpc) is 3.09. The first-order chi connectivity index (χ1) is 11.8. The number of oxime groups is 1. The van der Waals surface area contributed by atoms with Gasteiger partial charge in [0.1, 0.15) is 11.6 Å². The number of benzene rings is 2. The minimum absolute atomic E-state index is 0.0207. The molecule has 0 aliphatic rings. The van der Waals surface area contributed by atoms with Crippen molar-refractivity contribution in [1.82, 2.24) is 10.1 Å². The van der Waals surface area contributed by atoms with Crippen LogP contribution in [0.2, 0.25) is 0 Å². The molecular formula is C17H14FN3O3. The standard InChI is InChI=1S/C17H14FN3O3/c1-22-15-9-5-3-7-13(15)17-20-16(24-21-17)11-23-19-10-12-6-2-4-8-14(12)18/h2-10H,11H2,1H3/b19-10-. The molecule has 1 heterocycles. The topological polar surface area (TPSA) is 69.7 Å². The molecule has 24 heavy (non-hydrogen) atoms. The molecule has 3 rings (SSSR count). The van der Waals surface area contributed by atoms with E-state index in [1.807, 2.05) is 18.2 Å². The lowest BCUT2D eigenvalue weighted by Crippen LogP contribution is -1.91. The van der Waals surface area contributed by atoms with E-state index in [-0.39, 0.29) is 18.3 Å². The summed E-state index contributed by atoms with van der Waals surface area (Å²) in [5.41, 5.74) is 1.04. The molecule has 3 aromatic rings. The number of nitrogens with zero attached hydrogens (tertiary/aromatic N) is 3. The second-order valence-electron chi connectivity index (χ2n) is 4.74. The van der Waals surface area contributed by atoms with E-state index >= 15 is 0 Å². The molecule has 0 radical (unpaired) electrons. The number of methoxy groups -OCH3 is 1. The number of hydrogen-bond donors (Lipinski definition) is 0. The van der Waals surface area contributed by atoms with Crippen molar-refractivity contribution < 1.29 is 18.5 Å². The molecule has 0 N–H and O–H groups in total. The van der Waals surface area contributed by atoms with Crippen LogP contribution in [0.4, 0.5) is 4.39 Å². The van der Waals surface area contributed by atoms with E-state index in [2.05, 4.69) is 15.3 Å². The number of ether oxygens (including phenoxy) is 1. The molecule has 1 aromatic heterocycles. The molecule has 6 nitrogen and oxygen atoms in total. The number of para-hydroxylation sites is 1. The van der Waals surface area contributed by atoms with Gasteiger partial charge in [-0.15, -0.1) is 0 Å². The highest BCUT2D eigenvalue weighted by molar-refractivity contribution is 5.79.